The van der Waals surface area contributed by atoms with Crippen LogP contribution in [-0.4, -0.2) is 20.3 Å². The van der Waals surface area contributed by atoms with Gasteiger partial charge in [0.2, 0.25) is 5.82 Å². The van der Waals surface area contributed by atoms with Crippen molar-refractivity contribution >= 4 is 27.9 Å². The molecule has 0 saturated heterocycles. The lowest BCUT2D eigenvalue weighted by atomic mass is 10.2. The number of nitrogens with one attached hydrogen (secondary N) is 1. The van der Waals surface area contributed by atoms with Crippen LogP contribution in [-0.2, 0) is 0 Å². The summed E-state index contributed by atoms with van der Waals surface area (Å²) in [5.74, 6) is 0.299. The summed E-state index contributed by atoms with van der Waals surface area (Å²) in [6, 6.07) is 0.0656. The van der Waals surface area contributed by atoms with Crippen molar-refractivity contribution in [2.45, 2.75) is 19.4 Å². The number of hydrogen-bond acceptors (Lipinski definition) is 5. The Morgan fingerprint density at radius 2 is 2.59 bits per heavy atom. The Hall–Kier alpha value is -1.89. The van der Waals surface area contributed by atoms with E-state index in [-0.39, 0.29) is 11.9 Å². The van der Waals surface area contributed by atoms with Crippen molar-refractivity contribution in [3.63, 3.8) is 0 Å². The van der Waals surface area contributed by atoms with E-state index in [1.165, 1.54) is 15.7 Å². The summed E-state index contributed by atoms with van der Waals surface area (Å²) in [5.41, 5.74) is 0. The molecule has 0 aliphatic rings. The lowest BCUT2D eigenvalue weighted by molar-refractivity contribution is -0.389. The molecule has 2 aromatic rings. The van der Waals surface area contributed by atoms with Crippen LogP contribution < -0.4 is 5.32 Å². The number of nitro groups is 1. The van der Waals surface area contributed by atoms with Crippen molar-refractivity contribution in [3.05, 3.63) is 34.3 Å². The highest BCUT2D eigenvalue weighted by atomic mass is 32.1. The maximum absolute atomic E-state index is 11.0. The predicted molar refractivity (Wildman–Crippen MR) is 67.6 cm³/mol. The molecule has 1 atom stereocenters. The lowest BCUT2D eigenvalue weighted by Gasteiger charge is -2.09. The molecule has 0 fully saturated rings. The summed E-state index contributed by atoms with van der Waals surface area (Å²) in [6.45, 7) is 5.56. The Morgan fingerprint density at radius 1 is 1.82 bits per heavy atom. The summed E-state index contributed by atoms with van der Waals surface area (Å²) < 4.78 is 1.48. The summed E-state index contributed by atoms with van der Waals surface area (Å²) in [6.07, 6.45) is 4.14. The molecule has 0 radical (unpaired) electrons. The average molecular weight is 252 g/mol. The molecule has 1 N–H and O–H groups in total. The third-order valence-electron chi connectivity index (χ3n) is 2.31. The first-order valence-electron chi connectivity index (χ1n) is 5.11. The summed E-state index contributed by atoms with van der Waals surface area (Å²) in [7, 11) is 0. The van der Waals surface area contributed by atoms with Crippen molar-refractivity contribution in [1.82, 2.24) is 9.38 Å². The van der Waals surface area contributed by atoms with E-state index in [4.69, 9.17) is 0 Å². The van der Waals surface area contributed by atoms with Gasteiger partial charge in [0.25, 0.3) is 4.96 Å². The minimum absolute atomic E-state index is 0.0165. The summed E-state index contributed by atoms with van der Waals surface area (Å²) >= 11 is 1.37. The van der Waals surface area contributed by atoms with Crippen molar-refractivity contribution < 1.29 is 4.92 Å². The fourth-order valence-electron chi connectivity index (χ4n) is 1.59. The number of anilines is 1. The molecule has 6 nitrogen and oxygen atoms in total. The Balaban J connectivity index is 2.38. The highest BCUT2D eigenvalue weighted by Crippen LogP contribution is 2.28. The molecular formula is C10H12N4O2S. The molecule has 0 spiro atoms. The quantitative estimate of drug-likeness (QED) is 0.504. The normalized spacial score (nSPS) is 12.5. The van der Waals surface area contributed by atoms with Crippen molar-refractivity contribution in [2.24, 2.45) is 0 Å². The van der Waals surface area contributed by atoms with E-state index in [2.05, 4.69) is 16.9 Å². The Bertz CT molecular complexity index is 560. The smallest absolute Gasteiger partial charge is 0.360 e. The minimum Gasteiger partial charge on any atom is -0.360 e. The highest BCUT2D eigenvalue weighted by molar-refractivity contribution is 7.15. The zero-order chi connectivity index (χ0) is 12.4. The third kappa shape index (κ3) is 2.14. The third-order valence-corrected chi connectivity index (χ3v) is 3.07. The number of aromatic nitrogens is 2. The van der Waals surface area contributed by atoms with Crippen LogP contribution in [0.25, 0.3) is 4.96 Å². The van der Waals surface area contributed by atoms with Gasteiger partial charge in [-0.25, -0.2) is 0 Å². The van der Waals surface area contributed by atoms with Gasteiger partial charge >= 0.3 is 5.82 Å². The van der Waals surface area contributed by atoms with Crippen LogP contribution >= 0.6 is 11.3 Å². The summed E-state index contributed by atoms with van der Waals surface area (Å²) in [5, 5.41) is 15.8. The standard InChI is InChI=1S/C10H12N4O2S/c1-3-4-7(2)11-8-9(14(15)16)13-5-6-17-10(13)12-8/h3,5-7,11H,1,4H2,2H3. The van der Waals surface area contributed by atoms with E-state index in [0.29, 0.717) is 10.8 Å². The second-order valence-corrected chi connectivity index (χ2v) is 4.54. The molecule has 0 aromatic carbocycles. The van der Waals surface area contributed by atoms with Crippen LogP contribution in [0.2, 0.25) is 0 Å². The zero-order valence-corrected chi connectivity index (χ0v) is 10.1. The molecule has 90 valence electrons. The molecule has 7 heteroatoms. The Morgan fingerprint density at radius 3 is 3.24 bits per heavy atom. The number of nitrogens with zero attached hydrogens (tertiary/aromatic N) is 3. The second kappa shape index (κ2) is 4.54. The van der Waals surface area contributed by atoms with E-state index in [1.807, 2.05) is 6.92 Å². The first-order valence-corrected chi connectivity index (χ1v) is 5.98. The Kier molecular flexibility index (Phi) is 3.10. The lowest BCUT2D eigenvalue weighted by Crippen LogP contribution is -2.15. The van der Waals surface area contributed by atoms with Gasteiger partial charge in [-0.3, -0.25) is 0 Å². The molecule has 0 bridgehead atoms. The molecule has 0 aliphatic carbocycles. The number of rotatable bonds is 5. The van der Waals surface area contributed by atoms with E-state index in [9.17, 15) is 10.1 Å². The first-order chi connectivity index (χ1) is 8.13. The van der Waals surface area contributed by atoms with E-state index < -0.39 is 4.92 Å². The van der Waals surface area contributed by atoms with Gasteiger partial charge in [-0.15, -0.1) is 6.58 Å². The predicted octanol–water partition coefficient (Wildman–Crippen LogP) is 2.68. The fraction of sp³-hybridized carbons (Fsp3) is 0.300. The Labute approximate surface area is 102 Å². The molecular weight excluding hydrogens is 240 g/mol. The minimum atomic E-state index is -0.421. The first kappa shape index (κ1) is 11.6. The molecule has 1 unspecified atom stereocenters. The zero-order valence-electron chi connectivity index (χ0n) is 9.29. The molecule has 2 heterocycles. The maximum atomic E-state index is 11.0. The highest BCUT2D eigenvalue weighted by Gasteiger charge is 2.24. The monoisotopic (exact) mass is 252 g/mol. The van der Waals surface area contributed by atoms with E-state index in [1.54, 1.807) is 17.7 Å². The van der Waals surface area contributed by atoms with Gasteiger partial charge in [-0.2, -0.15) is 9.38 Å². The fourth-order valence-corrected chi connectivity index (χ4v) is 2.30. The van der Waals surface area contributed by atoms with Crippen molar-refractivity contribution in [1.29, 1.82) is 0 Å². The second-order valence-electron chi connectivity index (χ2n) is 3.67. The largest absolute Gasteiger partial charge is 0.372 e. The van der Waals surface area contributed by atoms with Crippen LogP contribution in [0, 0.1) is 10.1 Å². The van der Waals surface area contributed by atoms with Crippen LogP contribution in [0.3, 0.4) is 0 Å². The van der Waals surface area contributed by atoms with Gasteiger partial charge in [0.15, 0.2) is 0 Å². The number of thiazole rings is 1. The van der Waals surface area contributed by atoms with Gasteiger partial charge in [0, 0.05) is 11.4 Å². The van der Waals surface area contributed by atoms with Gasteiger partial charge < -0.3 is 15.4 Å². The molecule has 17 heavy (non-hydrogen) atoms. The van der Waals surface area contributed by atoms with E-state index in [0.717, 1.165) is 6.42 Å². The summed E-state index contributed by atoms with van der Waals surface area (Å²) in [4.78, 5) is 15.4. The van der Waals surface area contributed by atoms with Crippen LogP contribution in [0.15, 0.2) is 24.2 Å². The van der Waals surface area contributed by atoms with Crippen LogP contribution in [0.4, 0.5) is 11.6 Å². The van der Waals surface area contributed by atoms with Crippen molar-refractivity contribution in [2.75, 3.05) is 5.32 Å². The SMILES string of the molecule is C=CCC(C)Nc1nc2sccn2c1[N+](=O)[O-]. The molecule has 2 aromatic heterocycles. The van der Waals surface area contributed by atoms with Gasteiger partial charge in [-0.05, 0) is 18.3 Å². The van der Waals surface area contributed by atoms with E-state index >= 15 is 0 Å². The maximum Gasteiger partial charge on any atom is 0.372 e. The van der Waals surface area contributed by atoms with Crippen LogP contribution in [0.5, 0.6) is 0 Å². The molecule has 2 rings (SSSR count). The molecule has 0 saturated carbocycles. The molecule has 0 aliphatic heterocycles. The van der Waals surface area contributed by atoms with Crippen molar-refractivity contribution in [3.8, 4) is 0 Å². The average Bonchev–Trinajstić information content (AvgIpc) is 2.76. The topological polar surface area (TPSA) is 72.5 Å². The molecule has 0 amide bonds. The van der Waals surface area contributed by atoms with Gasteiger partial charge in [-0.1, -0.05) is 17.4 Å². The van der Waals surface area contributed by atoms with Crippen LogP contribution in [0.1, 0.15) is 13.3 Å². The number of fused-ring (bicyclic) bond motifs is 1. The number of imidazole rings is 1. The van der Waals surface area contributed by atoms with Gasteiger partial charge in [0.05, 0.1) is 0 Å². The van der Waals surface area contributed by atoms with Gasteiger partial charge in [0.1, 0.15) is 6.20 Å². The number of hydrogen-bond donors (Lipinski definition) is 1.